The van der Waals surface area contributed by atoms with Crippen LogP contribution in [0.3, 0.4) is 0 Å². The van der Waals surface area contributed by atoms with E-state index in [0.29, 0.717) is 12.1 Å². The minimum Gasteiger partial charge on any atom is -0.366 e. The fourth-order valence-electron chi connectivity index (χ4n) is 2.59. The Morgan fingerprint density at radius 3 is 2.74 bits per heavy atom. The van der Waals surface area contributed by atoms with Gasteiger partial charge < -0.3 is 16.0 Å². The standard InChI is InChI=1S/C15H23N3O/c1-18-8-6-12(7-9-18)10-17-11-13-4-2-3-5-14(13)15(16)19/h2-5,12,17H,6-11H2,1H3,(H2,16,19). The van der Waals surface area contributed by atoms with Gasteiger partial charge in [-0.2, -0.15) is 0 Å². The van der Waals surface area contributed by atoms with Gasteiger partial charge in [0.25, 0.3) is 0 Å². The van der Waals surface area contributed by atoms with Gasteiger partial charge in [0.2, 0.25) is 5.91 Å². The molecule has 3 N–H and O–H groups in total. The maximum Gasteiger partial charge on any atom is 0.249 e. The molecule has 0 spiro atoms. The first-order valence-corrected chi connectivity index (χ1v) is 6.94. The van der Waals surface area contributed by atoms with Gasteiger partial charge in [-0.1, -0.05) is 18.2 Å². The SMILES string of the molecule is CN1CCC(CNCc2ccccc2C(N)=O)CC1. The van der Waals surface area contributed by atoms with Gasteiger partial charge in [-0.3, -0.25) is 4.79 Å². The van der Waals surface area contributed by atoms with E-state index in [1.54, 1.807) is 6.07 Å². The Morgan fingerprint density at radius 1 is 1.37 bits per heavy atom. The fourth-order valence-corrected chi connectivity index (χ4v) is 2.59. The number of piperidine rings is 1. The highest BCUT2D eigenvalue weighted by molar-refractivity contribution is 5.94. The Balaban J connectivity index is 1.81. The number of carbonyl (C=O) groups is 1. The molecule has 0 saturated carbocycles. The number of nitrogens with one attached hydrogen (secondary N) is 1. The molecule has 0 aromatic heterocycles. The molecular weight excluding hydrogens is 238 g/mol. The third kappa shape index (κ3) is 4.04. The number of likely N-dealkylation sites (tertiary alicyclic amines) is 1. The largest absolute Gasteiger partial charge is 0.366 e. The van der Waals surface area contributed by atoms with E-state index in [1.807, 2.05) is 18.2 Å². The molecule has 4 heteroatoms. The van der Waals surface area contributed by atoms with Crippen molar-refractivity contribution in [1.29, 1.82) is 0 Å². The van der Waals surface area contributed by atoms with E-state index in [4.69, 9.17) is 5.73 Å². The predicted molar refractivity (Wildman–Crippen MR) is 76.9 cm³/mol. The topological polar surface area (TPSA) is 58.4 Å². The van der Waals surface area contributed by atoms with Crippen molar-refractivity contribution in [2.75, 3.05) is 26.7 Å². The summed E-state index contributed by atoms with van der Waals surface area (Å²) >= 11 is 0. The van der Waals surface area contributed by atoms with Crippen molar-refractivity contribution in [3.05, 3.63) is 35.4 Å². The van der Waals surface area contributed by atoms with Crippen LogP contribution in [0.2, 0.25) is 0 Å². The summed E-state index contributed by atoms with van der Waals surface area (Å²) in [5.74, 6) is 0.397. The first-order valence-electron chi connectivity index (χ1n) is 6.94. The van der Waals surface area contributed by atoms with Crippen LogP contribution in [0.4, 0.5) is 0 Å². The van der Waals surface area contributed by atoms with Crippen LogP contribution in [-0.2, 0) is 6.54 Å². The summed E-state index contributed by atoms with van der Waals surface area (Å²) in [6, 6.07) is 7.54. The van der Waals surface area contributed by atoms with Crippen molar-refractivity contribution in [3.8, 4) is 0 Å². The van der Waals surface area contributed by atoms with Crippen molar-refractivity contribution in [1.82, 2.24) is 10.2 Å². The zero-order valence-electron chi connectivity index (χ0n) is 11.6. The number of hydrogen-bond donors (Lipinski definition) is 2. The van der Waals surface area contributed by atoms with Crippen LogP contribution in [0.1, 0.15) is 28.8 Å². The van der Waals surface area contributed by atoms with Gasteiger partial charge in [0.1, 0.15) is 0 Å². The summed E-state index contributed by atoms with van der Waals surface area (Å²) < 4.78 is 0. The highest BCUT2D eigenvalue weighted by atomic mass is 16.1. The Hall–Kier alpha value is -1.39. The van der Waals surface area contributed by atoms with Gasteiger partial charge in [-0.15, -0.1) is 0 Å². The van der Waals surface area contributed by atoms with Gasteiger partial charge in [-0.25, -0.2) is 0 Å². The molecule has 0 radical (unpaired) electrons. The van der Waals surface area contributed by atoms with Crippen LogP contribution in [0.15, 0.2) is 24.3 Å². The second-order valence-corrected chi connectivity index (χ2v) is 5.40. The molecule has 1 aliphatic rings. The Labute approximate surface area is 115 Å². The van der Waals surface area contributed by atoms with E-state index in [2.05, 4.69) is 17.3 Å². The summed E-state index contributed by atoms with van der Waals surface area (Å²) in [6.07, 6.45) is 2.50. The molecule has 19 heavy (non-hydrogen) atoms. The highest BCUT2D eigenvalue weighted by Crippen LogP contribution is 2.15. The van der Waals surface area contributed by atoms with Gasteiger partial charge in [-0.05, 0) is 57.1 Å². The molecule has 1 aliphatic heterocycles. The van der Waals surface area contributed by atoms with E-state index in [9.17, 15) is 4.79 Å². The second-order valence-electron chi connectivity index (χ2n) is 5.40. The van der Waals surface area contributed by atoms with Gasteiger partial charge >= 0.3 is 0 Å². The van der Waals surface area contributed by atoms with Crippen molar-refractivity contribution in [2.24, 2.45) is 11.7 Å². The first kappa shape index (κ1) is 14.0. The predicted octanol–water partition coefficient (Wildman–Crippen LogP) is 1.22. The van der Waals surface area contributed by atoms with Gasteiger partial charge in [0.15, 0.2) is 0 Å². The van der Waals surface area contributed by atoms with Crippen molar-refractivity contribution in [2.45, 2.75) is 19.4 Å². The zero-order valence-corrected chi connectivity index (χ0v) is 11.6. The minimum absolute atomic E-state index is 0.350. The number of nitrogens with zero attached hydrogens (tertiary/aromatic N) is 1. The molecule has 4 nitrogen and oxygen atoms in total. The summed E-state index contributed by atoms with van der Waals surface area (Å²) in [4.78, 5) is 13.7. The molecule has 0 unspecified atom stereocenters. The first-order chi connectivity index (χ1) is 9.16. The normalized spacial score (nSPS) is 17.5. The summed E-state index contributed by atoms with van der Waals surface area (Å²) in [7, 11) is 2.17. The van der Waals surface area contributed by atoms with Crippen LogP contribution < -0.4 is 11.1 Å². The second kappa shape index (κ2) is 6.68. The lowest BCUT2D eigenvalue weighted by Crippen LogP contribution is -2.35. The molecule has 1 aromatic carbocycles. The Bertz CT molecular complexity index is 425. The molecule has 1 amide bonds. The smallest absolute Gasteiger partial charge is 0.249 e. The van der Waals surface area contributed by atoms with E-state index in [-0.39, 0.29) is 5.91 Å². The van der Waals surface area contributed by atoms with E-state index >= 15 is 0 Å². The zero-order chi connectivity index (χ0) is 13.7. The molecule has 1 heterocycles. The quantitative estimate of drug-likeness (QED) is 0.838. The van der Waals surface area contributed by atoms with Crippen molar-refractivity contribution >= 4 is 5.91 Å². The molecule has 0 atom stereocenters. The maximum atomic E-state index is 11.3. The Kier molecular flexibility index (Phi) is 4.93. The number of rotatable bonds is 5. The number of nitrogens with two attached hydrogens (primary N) is 1. The van der Waals surface area contributed by atoms with Crippen LogP contribution >= 0.6 is 0 Å². The molecule has 104 valence electrons. The van der Waals surface area contributed by atoms with Crippen LogP contribution in [0.5, 0.6) is 0 Å². The average Bonchev–Trinajstić information content (AvgIpc) is 2.41. The van der Waals surface area contributed by atoms with Crippen molar-refractivity contribution in [3.63, 3.8) is 0 Å². The lowest BCUT2D eigenvalue weighted by atomic mass is 9.97. The summed E-state index contributed by atoms with van der Waals surface area (Å²) in [5, 5.41) is 3.46. The third-order valence-corrected chi connectivity index (χ3v) is 3.87. The third-order valence-electron chi connectivity index (χ3n) is 3.87. The maximum absolute atomic E-state index is 11.3. The Morgan fingerprint density at radius 2 is 2.05 bits per heavy atom. The number of benzene rings is 1. The van der Waals surface area contributed by atoms with E-state index < -0.39 is 0 Å². The number of carbonyl (C=O) groups excluding carboxylic acids is 1. The summed E-state index contributed by atoms with van der Waals surface area (Å²) in [5.41, 5.74) is 6.98. The lowest BCUT2D eigenvalue weighted by Gasteiger charge is -2.29. The monoisotopic (exact) mass is 261 g/mol. The number of amides is 1. The molecular formula is C15H23N3O. The van der Waals surface area contributed by atoms with Crippen LogP contribution in [0, 0.1) is 5.92 Å². The minimum atomic E-state index is -0.350. The number of hydrogen-bond acceptors (Lipinski definition) is 3. The summed E-state index contributed by atoms with van der Waals surface area (Å²) in [6.45, 7) is 4.10. The molecule has 1 aromatic rings. The van der Waals surface area contributed by atoms with Crippen molar-refractivity contribution < 1.29 is 4.79 Å². The van der Waals surface area contributed by atoms with Gasteiger partial charge in [0, 0.05) is 12.1 Å². The average molecular weight is 261 g/mol. The highest BCUT2D eigenvalue weighted by Gasteiger charge is 2.16. The van der Waals surface area contributed by atoms with Crippen LogP contribution in [-0.4, -0.2) is 37.5 Å². The molecule has 0 aliphatic carbocycles. The van der Waals surface area contributed by atoms with E-state index in [0.717, 1.165) is 18.0 Å². The molecule has 2 rings (SSSR count). The molecule has 1 saturated heterocycles. The molecule has 0 bridgehead atoms. The molecule has 1 fully saturated rings. The van der Waals surface area contributed by atoms with Crippen LogP contribution in [0.25, 0.3) is 0 Å². The van der Waals surface area contributed by atoms with Gasteiger partial charge in [0.05, 0.1) is 0 Å². The lowest BCUT2D eigenvalue weighted by molar-refractivity contribution is 0.0999. The van der Waals surface area contributed by atoms with E-state index in [1.165, 1.54) is 25.9 Å². The fraction of sp³-hybridized carbons (Fsp3) is 0.533. The number of primary amides is 1.